The van der Waals surface area contributed by atoms with Crippen LogP contribution in [0.2, 0.25) is 0 Å². The summed E-state index contributed by atoms with van der Waals surface area (Å²) >= 11 is 0. The molecule has 43 heavy (non-hydrogen) atoms. The van der Waals surface area contributed by atoms with E-state index in [9.17, 15) is 8.78 Å². The number of halogens is 2. The van der Waals surface area contributed by atoms with Gasteiger partial charge in [-0.15, -0.1) is 0 Å². The van der Waals surface area contributed by atoms with Gasteiger partial charge in [0, 0.05) is 71.9 Å². The summed E-state index contributed by atoms with van der Waals surface area (Å²) in [7, 11) is 0. The minimum Gasteiger partial charge on any atom is -0.398 e. The van der Waals surface area contributed by atoms with Crippen LogP contribution in [0.25, 0.3) is 16.7 Å². The number of aromatic nitrogens is 1. The van der Waals surface area contributed by atoms with Gasteiger partial charge in [-0.2, -0.15) is 0 Å². The van der Waals surface area contributed by atoms with Gasteiger partial charge >= 0.3 is 0 Å². The van der Waals surface area contributed by atoms with E-state index in [0.717, 1.165) is 39.2 Å². The second kappa shape index (κ2) is 15.5. The molecule has 1 saturated heterocycles. The van der Waals surface area contributed by atoms with Crippen LogP contribution in [0.1, 0.15) is 64.0 Å². The molecular weight excluding hydrogens is 540 g/mol. The van der Waals surface area contributed by atoms with Crippen molar-refractivity contribution in [1.82, 2.24) is 20.5 Å². The predicted molar refractivity (Wildman–Crippen MR) is 178 cm³/mol. The van der Waals surface area contributed by atoms with Crippen LogP contribution in [0.5, 0.6) is 0 Å². The minimum absolute atomic E-state index is 0.103. The van der Waals surface area contributed by atoms with Gasteiger partial charge in [0.25, 0.3) is 5.92 Å². The van der Waals surface area contributed by atoms with E-state index in [4.69, 9.17) is 5.73 Å². The van der Waals surface area contributed by atoms with E-state index in [-0.39, 0.29) is 13.0 Å². The summed E-state index contributed by atoms with van der Waals surface area (Å²) in [6.07, 6.45) is 14.1. The van der Waals surface area contributed by atoms with Gasteiger partial charge in [0.1, 0.15) is 0 Å². The molecule has 0 spiro atoms. The second-order valence-electron chi connectivity index (χ2n) is 11.0. The van der Waals surface area contributed by atoms with Crippen molar-refractivity contribution in [3.63, 3.8) is 0 Å². The fourth-order valence-electron chi connectivity index (χ4n) is 5.25. The number of alkyl halides is 2. The maximum Gasteiger partial charge on any atom is 0.261 e. The van der Waals surface area contributed by atoms with Gasteiger partial charge in [-0.1, -0.05) is 71.2 Å². The number of likely N-dealkylation sites (tertiary alicyclic amines) is 1. The SMILES string of the molecule is C=C(/C=C\C(=C/C)NC(=C)C(=C)c1cc(-c2cncc(CN3CCC(F)(F)C3)c2)ccc1N)C(=C)NC1CCCC1.CC. The fourth-order valence-corrected chi connectivity index (χ4v) is 5.25. The normalized spacial score (nSPS) is 16.9. The van der Waals surface area contributed by atoms with Gasteiger partial charge in [0.2, 0.25) is 0 Å². The maximum atomic E-state index is 13.6. The molecule has 2 aliphatic rings. The molecule has 1 saturated carbocycles. The quantitative estimate of drug-likeness (QED) is 0.172. The van der Waals surface area contributed by atoms with E-state index in [1.807, 2.05) is 63.3 Å². The third-order valence-corrected chi connectivity index (χ3v) is 7.72. The van der Waals surface area contributed by atoms with E-state index in [2.05, 4.69) is 41.9 Å². The summed E-state index contributed by atoms with van der Waals surface area (Å²) in [6.45, 7) is 23.3. The van der Waals surface area contributed by atoms with E-state index < -0.39 is 5.92 Å². The molecule has 4 N–H and O–H groups in total. The lowest BCUT2D eigenvalue weighted by molar-refractivity contribution is 0.0115. The number of hydrogen-bond acceptors (Lipinski definition) is 5. The van der Waals surface area contributed by atoms with Crippen molar-refractivity contribution in [1.29, 1.82) is 0 Å². The molecular formula is C36H47F2N5. The van der Waals surface area contributed by atoms with Gasteiger partial charge in [-0.05, 0) is 66.3 Å². The second-order valence-corrected chi connectivity index (χ2v) is 11.0. The van der Waals surface area contributed by atoms with E-state index in [1.165, 1.54) is 25.7 Å². The highest BCUT2D eigenvalue weighted by atomic mass is 19.3. The molecule has 0 unspecified atom stereocenters. The summed E-state index contributed by atoms with van der Waals surface area (Å²) in [4.78, 5) is 6.13. The summed E-state index contributed by atoms with van der Waals surface area (Å²) in [5.74, 6) is -2.62. The predicted octanol–water partition coefficient (Wildman–Crippen LogP) is 8.38. The van der Waals surface area contributed by atoms with Gasteiger partial charge < -0.3 is 16.4 Å². The fraction of sp³-hybridized carbons (Fsp3) is 0.361. The number of allylic oxidation sites excluding steroid dienone is 4. The molecule has 4 rings (SSSR count). The Morgan fingerprint density at radius 3 is 2.42 bits per heavy atom. The van der Waals surface area contributed by atoms with Gasteiger partial charge in [0.05, 0.1) is 6.54 Å². The van der Waals surface area contributed by atoms with Crippen molar-refractivity contribution >= 4 is 11.3 Å². The highest BCUT2D eigenvalue weighted by Gasteiger charge is 2.37. The first-order valence-corrected chi connectivity index (χ1v) is 15.1. The highest BCUT2D eigenvalue weighted by Crippen LogP contribution is 2.32. The Balaban J connectivity index is 0.00000248. The van der Waals surface area contributed by atoms with Crippen LogP contribution < -0.4 is 16.4 Å². The van der Waals surface area contributed by atoms with E-state index in [0.29, 0.717) is 36.1 Å². The Kier molecular flexibility index (Phi) is 12.1. The number of nitrogens with zero attached hydrogens (tertiary/aromatic N) is 2. The highest BCUT2D eigenvalue weighted by molar-refractivity contribution is 5.85. The number of pyridine rings is 1. The molecule has 230 valence electrons. The molecule has 1 aromatic carbocycles. The molecule has 2 aromatic rings. The third-order valence-electron chi connectivity index (χ3n) is 7.72. The maximum absolute atomic E-state index is 13.6. The molecule has 2 heterocycles. The number of nitrogens with two attached hydrogens (primary N) is 1. The Labute approximate surface area is 256 Å². The van der Waals surface area contributed by atoms with Crippen LogP contribution in [0, 0.1) is 0 Å². The summed E-state index contributed by atoms with van der Waals surface area (Å²) < 4.78 is 27.3. The smallest absolute Gasteiger partial charge is 0.261 e. The topological polar surface area (TPSA) is 66.2 Å². The Morgan fingerprint density at radius 2 is 1.77 bits per heavy atom. The lowest BCUT2D eigenvalue weighted by Crippen LogP contribution is -2.25. The van der Waals surface area contributed by atoms with Crippen LogP contribution in [0.4, 0.5) is 14.5 Å². The Bertz CT molecular complexity index is 1380. The first-order chi connectivity index (χ1) is 20.5. The van der Waals surface area contributed by atoms with Crippen LogP contribution >= 0.6 is 0 Å². The number of rotatable bonds is 12. The number of hydrogen-bond donors (Lipinski definition) is 3. The van der Waals surface area contributed by atoms with Gasteiger partial charge in [-0.3, -0.25) is 9.88 Å². The molecule has 0 amide bonds. The van der Waals surface area contributed by atoms with Crippen molar-refractivity contribution in [3.05, 3.63) is 115 Å². The number of nitrogen functional groups attached to an aromatic ring is 1. The minimum atomic E-state index is -2.62. The van der Waals surface area contributed by atoms with E-state index in [1.54, 1.807) is 17.3 Å². The molecule has 1 aliphatic heterocycles. The third kappa shape index (κ3) is 9.52. The summed E-state index contributed by atoms with van der Waals surface area (Å²) in [5, 5.41) is 6.81. The molecule has 1 aliphatic carbocycles. The summed E-state index contributed by atoms with van der Waals surface area (Å²) in [5.41, 5.74) is 14.1. The van der Waals surface area contributed by atoms with Crippen molar-refractivity contribution in [2.24, 2.45) is 0 Å². The molecule has 0 radical (unpaired) electrons. The Hall–Kier alpha value is -3.97. The summed E-state index contributed by atoms with van der Waals surface area (Å²) in [6, 6.07) is 8.18. The molecule has 5 nitrogen and oxygen atoms in total. The Morgan fingerprint density at radius 1 is 1.05 bits per heavy atom. The van der Waals surface area contributed by atoms with Crippen LogP contribution in [-0.2, 0) is 6.54 Å². The number of benzene rings is 1. The number of nitrogens with one attached hydrogen (secondary N) is 2. The van der Waals surface area contributed by atoms with Crippen LogP contribution in [0.15, 0.2) is 104 Å². The lowest BCUT2D eigenvalue weighted by atomic mass is 9.97. The molecule has 1 aromatic heterocycles. The zero-order valence-corrected chi connectivity index (χ0v) is 26.0. The number of anilines is 1. The average Bonchev–Trinajstić information content (AvgIpc) is 3.64. The van der Waals surface area contributed by atoms with Crippen molar-refractivity contribution in [2.75, 3.05) is 18.8 Å². The van der Waals surface area contributed by atoms with Crippen molar-refractivity contribution < 1.29 is 8.78 Å². The van der Waals surface area contributed by atoms with Crippen molar-refractivity contribution in [3.8, 4) is 11.1 Å². The molecule has 7 heteroatoms. The van der Waals surface area contributed by atoms with Crippen LogP contribution in [0.3, 0.4) is 0 Å². The monoisotopic (exact) mass is 587 g/mol. The average molecular weight is 588 g/mol. The van der Waals surface area contributed by atoms with E-state index >= 15 is 0 Å². The van der Waals surface area contributed by atoms with Gasteiger partial charge in [0.15, 0.2) is 0 Å². The lowest BCUT2D eigenvalue weighted by Gasteiger charge is -2.18. The molecule has 2 fully saturated rings. The van der Waals surface area contributed by atoms with Crippen molar-refractivity contribution in [2.45, 2.75) is 71.4 Å². The van der Waals surface area contributed by atoms with Crippen LogP contribution in [-0.4, -0.2) is 34.9 Å². The van der Waals surface area contributed by atoms with Gasteiger partial charge in [-0.25, -0.2) is 8.78 Å². The first-order valence-electron chi connectivity index (χ1n) is 15.1. The zero-order chi connectivity index (χ0) is 31.6. The zero-order valence-electron chi connectivity index (χ0n) is 26.0. The standard InChI is InChI=1S/C34H41F2N5.C2H6/c1-6-30(13-11-23(2)25(4)39-31-9-7-8-10-31)40-26(5)24(3)32-18-28(12-14-33(32)37)29-17-27(19-38-20-29)21-41-16-15-34(35,36)22-41;1-2/h6,11-14,17-20,31,39-40H,2-5,7-10,15-16,21-22,37H2,1H3;1-2H3/b13-11-,30-6+;. The first kappa shape index (κ1) is 33.5. The largest absolute Gasteiger partial charge is 0.398 e. The molecule has 0 atom stereocenters. The molecule has 0 bridgehead atoms.